The summed E-state index contributed by atoms with van der Waals surface area (Å²) in [5.41, 5.74) is 9.51. The SMILES string of the molecule is CCCCCCCCCCCCCCCCCC(=O)NCCOCCOCC(=O)CCCOCCOCC(=O)NCCOCCOCC(=O)NCC.CCCC[C@H](C)C(C)=O.NC(=O)[C@@H](N)CO. The van der Waals surface area contributed by atoms with Crippen molar-refractivity contribution in [1.82, 2.24) is 16.0 Å². The number of carbonyl (C=O) groups is 6. The van der Waals surface area contributed by atoms with E-state index in [0.29, 0.717) is 97.5 Å². The molecule has 4 amide bonds. The number of ketones is 2. The summed E-state index contributed by atoms with van der Waals surface area (Å²) in [7, 11) is 0. The predicted octanol–water partition coefficient (Wildman–Crippen LogP) is 5.26. The first-order valence-electron chi connectivity index (χ1n) is 25.8. The number of aliphatic hydroxyl groups is 1. The summed E-state index contributed by atoms with van der Waals surface area (Å²) < 4.78 is 32.1. The predicted molar refractivity (Wildman–Crippen MR) is 267 cm³/mol. The molecular formula is C50H99N5O13. The fourth-order valence-corrected chi connectivity index (χ4v) is 5.99. The summed E-state index contributed by atoms with van der Waals surface area (Å²) in [4.78, 5) is 67.5. The third-order valence-electron chi connectivity index (χ3n) is 10.4. The highest BCUT2D eigenvalue weighted by molar-refractivity contribution is 5.80. The topological polar surface area (TPSA) is 266 Å². The summed E-state index contributed by atoms with van der Waals surface area (Å²) >= 11 is 0. The van der Waals surface area contributed by atoms with Gasteiger partial charge in [0.2, 0.25) is 23.6 Å². The largest absolute Gasteiger partial charge is 0.394 e. The third-order valence-corrected chi connectivity index (χ3v) is 10.4. The zero-order valence-electron chi connectivity index (χ0n) is 43.3. The summed E-state index contributed by atoms with van der Waals surface area (Å²) in [6.45, 7) is 14.0. The van der Waals surface area contributed by atoms with E-state index in [1.54, 1.807) is 6.92 Å². The van der Waals surface area contributed by atoms with Crippen molar-refractivity contribution in [2.45, 2.75) is 175 Å². The highest BCUT2D eigenvalue weighted by Crippen LogP contribution is 2.14. The first kappa shape index (κ1) is 69.2. The van der Waals surface area contributed by atoms with Gasteiger partial charge in [-0.2, -0.15) is 0 Å². The molecule has 18 heteroatoms. The maximum absolute atomic E-state index is 12.0. The van der Waals surface area contributed by atoms with Gasteiger partial charge >= 0.3 is 0 Å². The number of aliphatic hydroxyl groups excluding tert-OH is 1. The van der Waals surface area contributed by atoms with E-state index in [0.717, 1.165) is 19.3 Å². The molecule has 0 aromatic carbocycles. The minimum Gasteiger partial charge on any atom is -0.394 e. The van der Waals surface area contributed by atoms with Gasteiger partial charge in [-0.3, -0.25) is 28.8 Å². The Bertz CT molecular complexity index is 1180. The van der Waals surface area contributed by atoms with Crippen LogP contribution in [-0.4, -0.2) is 152 Å². The van der Waals surface area contributed by atoms with Gasteiger partial charge in [0.15, 0.2) is 5.78 Å². The number of primary amides is 1. The van der Waals surface area contributed by atoms with Crippen LogP contribution in [0.4, 0.5) is 0 Å². The van der Waals surface area contributed by atoms with E-state index in [9.17, 15) is 28.8 Å². The monoisotopic (exact) mass is 978 g/mol. The number of nitrogens with one attached hydrogen (secondary N) is 3. The van der Waals surface area contributed by atoms with Crippen LogP contribution in [0, 0.1) is 5.92 Å². The van der Waals surface area contributed by atoms with Crippen LogP contribution in [0.1, 0.15) is 169 Å². The molecule has 0 heterocycles. The molecule has 18 nitrogen and oxygen atoms in total. The maximum atomic E-state index is 12.0. The van der Waals surface area contributed by atoms with Gasteiger partial charge in [-0.1, -0.05) is 124 Å². The lowest BCUT2D eigenvalue weighted by molar-refractivity contribution is -0.127. The van der Waals surface area contributed by atoms with Crippen LogP contribution in [-0.2, 0) is 57.2 Å². The van der Waals surface area contributed by atoms with Crippen LogP contribution >= 0.6 is 0 Å². The van der Waals surface area contributed by atoms with Crippen molar-refractivity contribution in [1.29, 1.82) is 0 Å². The molecule has 68 heavy (non-hydrogen) atoms. The molecule has 0 aliphatic rings. The molecule has 0 spiro atoms. The number of ether oxygens (including phenoxy) is 6. The van der Waals surface area contributed by atoms with Crippen LogP contribution in [0.3, 0.4) is 0 Å². The van der Waals surface area contributed by atoms with Crippen molar-refractivity contribution in [2.24, 2.45) is 17.4 Å². The Morgan fingerprint density at radius 2 is 0.897 bits per heavy atom. The van der Waals surface area contributed by atoms with Crippen LogP contribution in [0.2, 0.25) is 0 Å². The fourth-order valence-electron chi connectivity index (χ4n) is 5.99. The van der Waals surface area contributed by atoms with Gasteiger partial charge in [-0.05, 0) is 33.1 Å². The second-order valence-electron chi connectivity index (χ2n) is 16.8. The zero-order valence-corrected chi connectivity index (χ0v) is 43.3. The summed E-state index contributed by atoms with van der Waals surface area (Å²) in [5.74, 6) is -0.410. The summed E-state index contributed by atoms with van der Waals surface area (Å²) in [6.07, 6.45) is 24.6. The molecule has 0 saturated carbocycles. The molecule has 0 unspecified atom stereocenters. The highest BCUT2D eigenvalue weighted by atomic mass is 16.5. The van der Waals surface area contributed by atoms with E-state index in [4.69, 9.17) is 39.3 Å². The van der Waals surface area contributed by atoms with Crippen molar-refractivity contribution in [3.63, 3.8) is 0 Å². The molecule has 0 aromatic rings. The molecule has 0 rings (SSSR count). The first-order chi connectivity index (χ1) is 32.9. The lowest BCUT2D eigenvalue weighted by atomic mass is 10.0. The van der Waals surface area contributed by atoms with E-state index in [1.165, 1.54) is 96.3 Å². The number of hydrogen-bond donors (Lipinski definition) is 6. The van der Waals surface area contributed by atoms with Crippen molar-refractivity contribution in [3.8, 4) is 0 Å². The Morgan fingerprint density at radius 1 is 0.485 bits per heavy atom. The normalized spacial score (nSPS) is 11.6. The van der Waals surface area contributed by atoms with E-state index in [1.807, 2.05) is 13.8 Å². The van der Waals surface area contributed by atoms with Gasteiger partial charge in [0, 0.05) is 45.0 Å². The van der Waals surface area contributed by atoms with Crippen molar-refractivity contribution < 1.29 is 62.3 Å². The van der Waals surface area contributed by atoms with Crippen LogP contribution in [0.5, 0.6) is 0 Å². The van der Waals surface area contributed by atoms with E-state index >= 15 is 0 Å². The number of Topliss-reactive ketones (excluding diaryl/α,β-unsaturated/α-hetero) is 2. The molecular weight excluding hydrogens is 879 g/mol. The van der Waals surface area contributed by atoms with Crippen LogP contribution in [0.15, 0.2) is 0 Å². The molecule has 2 atom stereocenters. The van der Waals surface area contributed by atoms with Gasteiger partial charge < -0.3 is 60.9 Å². The second kappa shape index (κ2) is 56.5. The molecule has 402 valence electrons. The van der Waals surface area contributed by atoms with Gasteiger partial charge in [0.25, 0.3) is 0 Å². The number of hydrogen-bond acceptors (Lipinski definition) is 14. The Balaban J connectivity index is -0.00000222. The lowest BCUT2D eigenvalue weighted by Crippen LogP contribution is -2.39. The molecule has 0 aliphatic carbocycles. The molecule has 8 N–H and O–H groups in total. The smallest absolute Gasteiger partial charge is 0.246 e. The van der Waals surface area contributed by atoms with Gasteiger partial charge in [0.05, 0.1) is 59.5 Å². The minimum atomic E-state index is -0.903. The summed E-state index contributed by atoms with van der Waals surface area (Å²) in [5, 5.41) is 16.3. The Morgan fingerprint density at radius 3 is 1.32 bits per heavy atom. The quantitative estimate of drug-likeness (QED) is 0.0425. The average molecular weight is 978 g/mol. The van der Waals surface area contributed by atoms with Gasteiger partial charge in [0.1, 0.15) is 31.6 Å². The molecule has 0 bridgehead atoms. The maximum Gasteiger partial charge on any atom is 0.246 e. The van der Waals surface area contributed by atoms with E-state index in [-0.39, 0.29) is 62.5 Å². The number of rotatable bonds is 48. The summed E-state index contributed by atoms with van der Waals surface area (Å²) in [6, 6.07) is -0.903. The standard InChI is InChI=1S/C39H75N3O10.C8H16O.C3H8N2O2/c1-3-5-6-7-8-9-10-11-12-13-14-15-16-17-18-21-37(44)41-22-25-48-28-30-50-33-36(43)20-19-24-47-27-31-52-35-39(46)42-23-26-49-29-32-51-34-38(45)40-4-2;1-4-5-6-7(2)8(3)9;4-2(1-6)3(5)7/h3-35H2,1-2H3,(H,40,45)(H,41,44)(H,42,46);7H,4-6H2,1-3H3;2,6H,1,4H2,(H2,5,7)/t;7-;2-/m.00/s1. The highest BCUT2D eigenvalue weighted by Gasteiger charge is 2.07. The molecule has 0 aliphatic heterocycles. The van der Waals surface area contributed by atoms with Crippen LogP contribution < -0.4 is 27.4 Å². The number of unbranched alkanes of at least 4 members (excludes halogenated alkanes) is 15. The number of likely N-dealkylation sites (N-methyl/N-ethyl adjacent to an activating group) is 1. The molecule has 0 saturated heterocycles. The van der Waals surface area contributed by atoms with Crippen molar-refractivity contribution in [2.75, 3.05) is 106 Å². The number of carbonyl (C=O) groups excluding carboxylic acids is 6. The Hall–Kier alpha value is -3.10. The lowest BCUT2D eigenvalue weighted by Gasteiger charge is -2.08. The minimum absolute atomic E-state index is 0.00142. The van der Waals surface area contributed by atoms with E-state index < -0.39 is 11.9 Å². The molecule has 0 aromatic heterocycles. The van der Waals surface area contributed by atoms with Crippen LogP contribution in [0.25, 0.3) is 0 Å². The van der Waals surface area contributed by atoms with E-state index in [2.05, 4.69) is 35.5 Å². The third kappa shape index (κ3) is 59.0. The molecule has 0 radical (unpaired) electrons. The first-order valence-corrected chi connectivity index (χ1v) is 25.8. The average Bonchev–Trinajstić information content (AvgIpc) is 3.32. The number of amides is 4. The van der Waals surface area contributed by atoms with Gasteiger partial charge in [-0.15, -0.1) is 0 Å². The van der Waals surface area contributed by atoms with Gasteiger partial charge in [-0.25, -0.2) is 0 Å². The Kier molecular flexibility index (Phi) is 57.5. The van der Waals surface area contributed by atoms with Crippen molar-refractivity contribution >= 4 is 35.2 Å². The zero-order chi connectivity index (χ0) is 51.1. The van der Waals surface area contributed by atoms with Crippen molar-refractivity contribution in [3.05, 3.63) is 0 Å². The molecule has 0 fully saturated rings. The second-order valence-corrected chi connectivity index (χ2v) is 16.8. The Labute approximate surface area is 410 Å². The number of nitrogens with two attached hydrogens (primary N) is 2. The fraction of sp³-hybridized carbons (Fsp3) is 0.880.